The van der Waals surface area contributed by atoms with Gasteiger partial charge < -0.3 is 9.84 Å². The molecule has 0 amide bonds. The number of carbonyl (C=O) groups is 1. The number of fused-ring (bicyclic) bond motifs is 1. The van der Waals surface area contributed by atoms with Crippen molar-refractivity contribution < 1.29 is 14.6 Å². The zero-order valence-corrected chi connectivity index (χ0v) is 21.8. The largest absolute Gasteiger partial charge is 0.486 e. The predicted molar refractivity (Wildman–Crippen MR) is 146 cm³/mol. The molecule has 3 aromatic carbocycles. The van der Waals surface area contributed by atoms with E-state index < -0.39 is 6.10 Å². The standard InChI is InChI=1S/C31H36ClNO3/c1-2-8-29(34)22-36-30-16-15-24-11-7-14-28(18-26(24)19-30)33(20-23-9-4-3-5-10-23)21-31(35)25-12-6-13-27(32)17-25/h3-6,9-10,12-13,15-17,19,28,31,35H,2,7-8,11,14,18,20-22H2,1H3/t28?,31-/m0/s1. The third-order valence-corrected chi connectivity index (χ3v) is 7.17. The molecule has 0 heterocycles. The zero-order chi connectivity index (χ0) is 25.3. The number of nitrogens with zero attached hydrogens (tertiary/aromatic N) is 1. The third-order valence-electron chi connectivity index (χ3n) is 6.93. The van der Waals surface area contributed by atoms with Crippen LogP contribution in [0.2, 0.25) is 5.02 Å². The van der Waals surface area contributed by atoms with Gasteiger partial charge >= 0.3 is 0 Å². The molecule has 1 unspecified atom stereocenters. The average Bonchev–Trinajstić information content (AvgIpc) is 3.10. The van der Waals surface area contributed by atoms with E-state index >= 15 is 0 Å². The van der Waals surface area contributed by atoms with Gasteiger partial charge in [-0.3, -0.25) is 9.69 Å². The molecule has 0 aromatic heterocycles. The summed E-state index contributed by atoms with van der Waals surface area (Å²) >= 11 is 6.20. The molecule has 4 rings (SSSR count). The van der Waals surface area contributed by atoms with Crippen LogP contribution in [-0.4, -0.2) is 35.0 Å². The number of Topliss-reactive ketones (excluding diaryl/α,β-unsaturated/α-hetero) is 1. The zero-order valence-electron chi connectivity index (χ0n) is 21.0. The van der Waals surface area contributed by atoms with Crippen LogP contribution in [-0.2, 0) is 24.2 Å². The van der Waals surface area contributed by atoms with Crippen molar-refractivity contribution in [1.29, 1.82) is 0 Å². The molecule has 0 saturated heterocycles. The van der Waals surface area contributed by atoms with Gasteiger partial charge in [-0.2, -0.15) is 0 Å². The fourth-order valence-electron chi connectivity index (χ4n) is 5.04. The molecule has 0 saturated carbocycles. The fraction of sp³-hybridized carbons (Fsp3) is 0.387. The van der Waals surface area contributed by atoms with E-state index in [0.717, 1.165) is 50.0 Å². The summed E-state index contributed by atoms with van der Waals surface area (Å²) in [5.41, 5.74) is 4.68. The van der Waals surface area contributed by atoms with Crippen LogP contribution in [0.25, 0.3) is 0 Å². The maximum absolute atomic E-state index is 12.0. The summed E-state index contributed by atoms with van der Waals surface area (Å²) in [5, 5.41) is 11.8. The second-order valence-corrected chi connectivity index (χ2v) is 10.2. The number of hydrogen-bond acceptors (Lipinski definition) is 4. The van der Waals surface area contributed by atoms with Gasteiger partial charge in [0.1, 0.15) is 12.4 Å². The Morgan fingerprint density at radius 3 is 2.69 bits per heavy atom. The molecule has 0 fully saturated rings. The van der Waals surface area contributed by atoms with E-state index in [1.165, 1.54) is 16.7 Å². The normalized spacial score (nSPS) is 16.3. The van der Waals surface area contributed by atoms with Crippen LogP contribution in [0, 0.1) is 0 Å². The highest BCUT2D eigenvalue weighted by Gasteiger charge is 2.26. The Balaban J connectivity index is 1.54. The molecule has 0 radical (unpaired) electrons. The Labute approximate surface area is 219 Å². The van der Waals surface area contributed by atoms with Gasteiger partial charge in [0.25, 0.3) is 0 Å². The molecule has 3 aromatic rings. The molecule has 0 aliphatic heterocycles. The van der Waals surface area contributed by atoms with Gasteiger partial charge in [-0.1, -0.05) is 67.1 Å². The Morgan fingerprint density at radius 1 is 1.08 bits per heavy atom. The molecule has 5 heteroatoms. The first-order valence-electron chi connectivity index (χ1n) is 13.0. The Hall–Kier alpha value is -2.66. The highest BCUT2D eigenvalue weighted by molar-refractivity contribution is 6.30. The van der Waals surface area contributed by atoms with Crippen molar-refractivity contribution in [3.63, 3.8) is 0 Å². The van der Waals surface area contributed by atoms with Crippen molar-refractivity contribution in [2.45, 2.75) is 64.1 Å². The highest BCUT2D eigenvalue weighted by Crippen LogP contribution is 2.30. The monoisotopic (exact) mass is 505 g/mol. The van der Waals surface area contributed by atoms with Gasteiger partial charge in [0.15, 0.2) is 5.78 Å². The van der Waals surface area contributed by atoms with Crippen LogP contribution in [0.4, 0.5) is 0 Å². The summed E-state index contributed by atoms with van der Waals surface area (Å²) in [5.74, 6) is 0.891. The molecule has 0 bridgehead atoms. The van der Waals surface area contributed by atoms with Gasteiger partial charge in [0.2, 0.25) is 0 Å². The number of aryl methyl sites for hydroxylation is 1. The number of aliphatic hydroxyl groups excluding tert-OH is 1. The molecular weight excluding hydrogens is 470 g/mol. The molecule has 190 valence electrons. The van der Waals surface area contributed by atoms with Crippen molar-refractivity contribution in [2.24, 2.45) is 0 Å². The van der Waals surface area contributed by atoms with Crippen molar-refractivity contribution >= 4 is 17.4 Å². The summed E-state index contributed by atoms with van der Waals surface area (Å²) in [4.78, 5) is 14.4. The van der Waals surface area contributed by atoms with E-state index in [1.807, 2.05) is 43.3 Å². The Bertz CT molecular complexity index is 1130. The van der Waals surface area contributed by atoms with Crippen LogP contribution in [0.3, 0.4) is 0 Å². The minimum atomic E-state index is -0.630. The lowest BCUT2D eigenvalue weighted by atomic mass is 9.99. The van der Waals surface area contributed by atoms with E-state index in [9.17, 15) is 9.90 Å². The van der Waals surface area contributed by atoms with Crippen molar-refractivity contribution in [1.82, 2.24) is 4.90 Å². The maximum Gasteiger partial charge on any atom is 0.170 e. The lowest BCUT2D eigenvalue weighted by molar-refractivity contribution is -0.121. The minimum Gasteiger partial charge on any atom is -0.486 e. The van der Waals surface area contributed by atoms with E-state index in [0.29, 0.717) is 18.0 Å². The molecule has 1 aliphatic rings. The van der Waals surface area contributed by atoms with Crippen LogP contribution in [0.5, 0.6) is 5.75 Å². The smallest absolute Gasteiger partial charge is 0.170 e. The first-order chi connectivity index (χ1) is 17.5. The van der Waals surface area contributed by atoms with E-state index in [4.69, 9.17) is 16.3 Å². The summed E-state index contributed by atoms with van der Waals surface area (Å²) in [6.45, 7) is 3.42. The van der Waals surface area contributed by atoms with Gasteiger partial charge in [-0.05, 0) is 78.6 Å². The van der Waals surface area contributed by atoms with Gasteiger partial charge in [-0.15, -0.1) is 0 Å². The molecule has 0 spiro atoms. The van der Waals surface area contributed by atoms with Crippen LogP contribution in [0.1, 0.15) is 61.0 Å². The molecule has 4 nitrogen and oxygen atoms in total. The van der Waals surface area contributed by atoms with Crippen LogP contribution in [0.15, 0.2) is 72.8 Å². The second-order valence-electron chi connectivity index (χ2n) is 9.74. The number of ketones is 1. The van der Waals surface area contributed by atoms with Crippen LogP contribution < -0.4 is 4.74 Å². The number of aliphatic hydroxyl groups is 1. The second kappa shape index (κ2) is 13.0. The highest BCUT2D eigenvalue weighted by atomic mass is 35.5. The first-order valence-corrected chi connectivity index (χ1v) is 13.4. The summed E-state index contributed by atoms with van der Waals surface area (Å²) in [6.07, 6.45) is 4.80. The van der Waals surface area contributed by atoms with Gasteiger partial charge in [0, 0.05) is 30.6 Å². The molecule has 2 atom stereocenters. The first kappa shape index (κ1) is 26.4. The number of rotatable bonds is 11. The molecular formula is C31H36ClNO3. The fourth-order valence-corrected chi connectivity index (χ4v) is 5.24. The van der Waals surface area contributed by atoms with Gasteiger partial charge in [0.05, 0.1) is 6.10 Å². The summed E-state index contributed by atoms with van der Waals surface area (Å²) in [6, 6.07) is 24.5. The molecule has 1 aliphatic carbocycles. The third kappa shape index (κ3) is 7.42. The number of benzene rings is 3. The van der Waals surface area contributed by atoms with E-state index in [2.05, 4.69) is 41.3 Å². The van der Waals surface area contributed by atoms with E-state index in [-0.39, 0.29) is 18.4 Å². The summed E-state index contributed by atoms with van der Waals surface area (Å²) < 4.78 is 5.84. The predicted octanol–water partition coefficient (Wildman–Crippen LogP) is 6.57. The lowest BCUT2D eigenvalue weighted by Gasteiger charge is -2.33. The quantitative estimate of drug-likeness (QED) is 0.299. The Morgan fingerprint density at radius 2 is 1.92 bits per heavy atom. The lowest BCUT2D eigenvalue weighted by Crippen LogP contribution is -2.39. The summed E-state index contributed by atoms with van der Waals surface area (Å²) in [7, 11) is 0. The average molecular weight is 506 g/mol. The Kier molecular flexibility index (Phi) is 9.57. The molecule has 1 N–H and O–H groups in total. The minimum absolute atomic E-state index is 0.127. The molecule has 36 heavy (non-hydrogen) atoms. The van der Waals surface area contributed by atoms with Crippen LogP contribution >= 0.6 is 11.6 Å². The number of halogens is 1. The van der Waals surface area contributed by atoms with Crippen molar-refractivity contribution in [3.8, 4) is 5.75 Å². The van der Waals surface area contributed by atoms with E-state index in [1.54, 1.807) is 0 Å². The van der Waals surface area contributed by atoms with Gasteiger partial charge in [-0.25, -0.2) is 0 Å². The number of carbonyl (C=O) groups excluding carboxylic acids is 1. The maximum atomic E-state index is 12.0. The van der Waals surface area contributed by atoms with Crippen molar-refractivity contribution in [2.75, 3.05) is 13.2 Å². The van der Waals surface area contributed by atoms with Crippen molar-refractivity contribution in [3.05, 3.63) is 100 Å². The number of ether oxygens (including phenoxy) is 1. The topological polar surface area (TPSA) is 49.8 Å². The number of hydrogen-bond donors (Lipinski definition) is 1. The SMILES string of the molecule is CCCC(=O)COc1ccc2c(c1)CC(N(Cc1ccccc1)C[C@H](O)c1cccc(Cl)c1)CCC2.